The molecule has 0 saturated heterocycles. The van der Waals surface area contributed by atoms with Gasteiger partial charge in [-0.25, -0.2) is 4.79 Å². The van der Waals surface area contributed by atoms with Crippen LogP contribution in [0.5, 0.6) is 0 Å². The molecule has 0 aromatic heterocycles. The van der Waals surface area contributed by atoms with Gasteiger partial charge in [0.1, 0.15) is 5.94 Å². The second kappa shape index (κ2) is 13.7. The molecule has 0 aliphatic rings. The van der Waals surface area contributed by atoms with E-state index in [-0.39, 0.29) is 11.9 Å². The third kappa shape index (κ3) is 12.7. The SMILES string of the molecule is CCSCSCSCNC(=O)OCSCO. The molecule has 0 aliphatic heterocycles. The predicted octanol–water partition coefficient (Wildman–Crippen LogP) is 2.45. The number of rotatable bonds is 10. The summed E-state index contributed by atoms with van der Waals surface area (Å²) < 4.78 is 4.76. The van der Waals surface area contributed by atoms with Gasteiger partial charge in [0.2, 0.25) is 0 Å². The van der Waals surface area contributed by atoms with Crippen molar-refractivity contribution in [2.75, 3.05) is 33.7 Å². The minimum Gasteiger partial charge on any atom is -0.438 e. The van der Waals surface area contributed by atoms with Crippen molar-refractivity contribution in [2.45, 2.75) is 6.92 Å². The molecule has 0 aromatic carbocycles. The fourth-order valence-electron chi connectivity index (χ4n) is 0.570. The second-order valence-electron chi connectivity index (χ2n) is 2.34. The van der Waals surface area contributed by atoms with E-state index < -0.39 is 6.09 Å². The lowest BCUT2D eigenvalue weighted by Crippen LogP contribution is -2.23. The Kier molecular flexibility index (Phi) is 14.2. The Balaban J connectivity index is 3.09. The van der Waals surface area contributed by atoms with Gasteiger partial charge in [0.25, 0.3) is 0 Å². The van der Waals surface area contributed by atoms with E-state index in [4.69, 9.17) is 9.84 Å². The van der Waals surface area contributed by atoms with Crippen LogP contribution >= 0.6 is 47.0 Å². The van der Waals surface area contributed by atoms with Crippen LogP contribution in [0, 0.1) is 0 Å². The summed E-state index contributed by atoms with van der Waals surface area (Å²) in [5, 5.41) is 13.1. The Morgan fingerprint density at radius 2 is 2.00 bits per heavy atom. The summed E-state index contributed by atoms with van der Waals surface area (Å²) in [7, 11) is 0. The number of aliphatic hydroxyl groups is 1. The van der Waals surface area contributed by atoms with Crippen LogP contribution in [0.2, 0.25) is 0 Å². The minimum atomic E-state index is -0.429. The first-order valence-electron chi connectivity index (χ1n) is 4.63. The smallest absolute Gasteiger partial charge is 0.408 e. The summed E-state index contributed by atoms with van der Waals surface area (Å²) in [5.41, 5.74) is 0. The quantitative estimate of drug-likeness (QED) is 0.475. The molecule has 1 amide bonds. The molecular weight excluding hydrogens is 286 g/mol. The average Bonchev–Trinajstić information content (AvgIpc) is 2.28. The topological polar surface area (TPSA) is 58.6 Å². The number of carbonyl (C=O) groups is 1. The van der Waals surface area contributed by atoms with Gasteiger partial charge in [0.15, 0.2) is 0 Å². The zero-order valence-corrected chi connectivity index (χ0v) is 12.4. The third-order valence-corrected chi connectivity index (χ3v) is 5.11. The van der Waals surface area contributed by atoms with Crippen molar-refractivity contribution in [2.24, 2.45) is 0 Å². The van der Waals surface area contributed by atoms with Crippen molar-refractivity contribution in [1.29, 1.82) is 0 Å². The lowest BCUT2D eigenvalue weighted by Gasteiger charge is -2.05. The molecule has 0 heterocycles. The van der Waals surface area contributed by atoms with Crippen LogP contribution < -0.4 is 5.32 Å². The standard InChI is InChI=1S/C8H17NO3S4/c1-2-13-6-16-7-14-3-9-8(11)12-5-15-4-10/h10H,2-7H2,1H3,(H,9,11). The Labute approximate surface area is 113 Å². The molecule has 0 rings (SSSR count). The van der Waals surface area contributed by atoms with Crippen LogP contribution in [0.25, 0.3) is 0 Å². The van der Waals surface area contributed by atoms with Crippen LogP contribution in [-0.2, 0) is 4.74 Å². The van der Waals surface area contributed by atoms with Gasteiger partial charge in [0, 0.05) is 10.2 Å². The monoisotopic (exact) mass is 303 g/mol. The van der Waals surface area contributed by atoms with Crippen LogP contribution in [0.15, 0.2) is 0 Å². The Morgan fingerprint density at radius 1 is 1.25 bits per heavy atom. The molecule has 0 atom stereocenters. The molecule has 8 heteroatoms. The number of nitrogens with one attached hydrogen (secondary N) is 1. The summed E-state index contributed by atoms with van der Waals surface area (Å²) in [6.45, 7) is 2.14. The molecule has 96 valence electrons. The number of carbonyl (C=O) groups excluding carboxylic acids is 1. The number of ether oxygens (including phenoxy) is 1. The number of hydrogen-bond donors (Lipinski definition) is 2. The first-order valence-corrected chi connectivity index (χ1v) is 9.25. The van der Waals surface area contributed by atoms with E-state index in [1.807, 2.05) is 23.5 Å². The van der Waals surface area contributed by atoms with E-state index in [0.717, 1.165) is 27.7 Å². The lowest BCUT2D eigenvalue weighted by atomic mass is 11.0. The van der Waals surface area contributed by atoms with Crippen LogP contribution in [0.4, 0.5) is 4.79 Å². The number of thioether (sulfide) groups is 4. The highest BCUT2D eigenvalue weighted by atomic mass is 32.2. The number of hydrogen-bond acceptors (Lipinski definition) is 7. The van der Waals surface area contributed by atoms with Gasteiger partial charge in [-0.15, -0.1) is 23.5 Å². The van der Waals surface area contributed by atoms with Crippen molar-refractivity contribution in [1.82, 2.24) is 5.32 Å². The number of amides is 1. The Morgan fingerprint density at radius 3 is 2.69 bits per heavy atom. The maximum Gasteiger partial charge on any atom is 0.408 e. The molecule has 4 nitrogen and oxygen atoms in total. The number of aliphatic hydroxyl groups excluding tert-OH is 1. The van der Waals surface area contributed by atoms with Gasteiger partial charge in [-0.1, -0.05) is 18.7 Å². The summed E-state index contributed by atoms with van der Waals surface area (Å²) >= 11 is 6.55. The molecule has 0 spiro atoms. The molecule has 0 bridgehead atoms. The Bertz CT molecular complexity index is 173. The molecule has 0 aliphatic carbocycles. The second-order valence-corrected chi connectivity index (χ2v) is 7.22. The van der Waals surface area contributed by atoms with Crippen molar-refractivity contribution >= 4 is 53.1 Å². The van der Waals surface area contributed by atoms with E-state index in [1.165, 1.54) is 0 Å². The van der Waals surface area contributed by atoms with Crippen LogP contribution in [-0.4, -0.2) is 44.9 Å². The lowest BCUT2D eigenvalue weighted by molar-refractivity contribution is 0.167. The normalized spacial score (nSPS) is 10.1. The average molecular weight is 303 g/mol. The molecule has 0 aromatic rings. The highest BCUT2D eigenvalue weighted by Crippen LogP contribution is 2.16. The van der Waals surface area contributed by atoms with Crippen LogP contribution in [0.3, 0.4) is 0 Å². The predicted molar refractivity (Wildman–Crippen MR) is 77.1 cm³/mol. The van der Waals surface area contributed by atoms with Gasteiger partial charge >= 0.3 is 6.09 Å². The largest absolute Gasteiger partial charge is 0.438 e. The maximum absolute atomic E-state index is 11.0. The zero-order valence-electron chi connectivity index (χ0n) is 9.14. The molecule has 0 unspecified atom stereocenters. The number of alkyl carbamates (subject to hydrolysis) is 1. The summed E-state index contributed by atoms with van der Waals surface area (Å²) in [4.78, 5) is 11.0. The summed E-state index contributed by atoms with van der Waals surface area (Å²) in [5.74, 6) is 1.86. The highest BCUT2D eigenvalue weighted by Gasteiger charge is 2.00. The molecular formula is C8H17NO3S4. The van der Waals surface area contributed by atoms with Crippen LogP contribution in [0.1, 0.15) is 6.92 Å². The van der Waals surface area contributed by atoms with E-state index >= 15 is 0 Å². The molecule has 0 radical (unpaired) electrons. The van der Waals surface area contributed by atoms with Gasteiger partial charge in [-0.3, -0.25) is 0 Å². The zero-order chi connectivity index (χ0) is 12.1. The van der Waals surface area contributed by atoms with Gasteiger partial charge in [-0.2, -0.15) is 11.8 Å². The molecule has 16 heavy (non-hydrogen) atoms. The van der Waals surface area contributed by atoms with E-state index in [0.29, 0.717) is 5.88 Å². The van der Waals surface area contributed by atoms with Crippen molar-refractivity contribution in [3.05, 3.63) is 0 Å². The maximum atomic E-state index is 11.0. The summed E-state index contributed by atoms with van der Waals surface area (Å²) in [6, 6.07) is 0. The fraction of sp³-hybridized carbons (Fsp3) is 0.875. The fourth-order valence-corrected chi connectivity index (χ4v) is 3.88. The third-order valence-electron chi connectivity index (χ3n) is 1.22. The van der Waals surface area contributed by atoms with Gasteiger partial charge < -0.3 is 15.2 Å². The Hall–Kier alpha value is 0.630. The first-order chi connectivity index (χ1) is 7.81. The van der Waals surface area contributed by atoms with Crippen molar-refractivity contribution < 1.29 is 14.6 Å². The van der Waals surface area contributed by atoms with E-state index in [1.54, 1.807) is 11.8 Å². The van der Waals surface area contributed by atoms with E-state index in [2.05, 4.69) is 12.2 Å². The molecule has 2 N–H and O–H groups in total. The first kappa shape index (κ1) is 16.6. The molecule has 0 fully saturated rings. The highest BCUT2D eigenvalue weighted by molar-refractivity contribution is 8.22. The minimum absolute atomic E-state index is 0.0340. The van der Waals surface area contributed by atoms with E-state index in [9.17, 15) is 4.79 Å². The van der Waals surface area contributed by atoms with Crippen molar-refractivity contribution in [3.63, 3.8) is 0 Å². The summed E-state index contributed by atoms with van der Waals surface area (Å²) in [6.07, 6.45) is -0.429. The van der Waals surface area contributed by atoms with Gasteiger partial charge in [0.05, 0.1) is 11.8 Å². The molecule has 0 saturated carbocycles. The van der Waals surface area contributed by atoms with Crippen molar-refractivity contribution in [3.8, 4) is 0 Å². The van der Waals surface area contributed by atoms with Gasteiger partial charge in [-0.05, 0) is 5.75 Å².